The van der Waals surface area contributed by atoms with Gasteiger partial charge in [-0.1, -0.05) is 12.1 Å². The van der Waals surface area contributed by atoms with E-state index in [2.05, 4.69) is 17.2 Å². The van der Waals surface area contributed by atoms with Crippen molar-refractivity contribution in [2.75, 3.05) is 27.7 Å². The maximum Gasteiger partial charge on any atom is 0.255 e. The standard InChI is InChI=1S/C19H21N3O4S/c1-4-12-22(27(3,25)26)18-10-8-15(9-11-18)19(24)21-17-7-5-6-16(13-17)20-14(2)23/h4-11,13H,1,12H2,2-3H3,(H,20,23)(H,21,24). The quantitative estimate of drug-likeness (QED) is 0.714. The van der Waals surface area contributed by atoms with E-state index in [0.717, 1.165) is 6.26 Å². The van der Waals surface area contributed by atoms with Gasteiger partial charge < -0.3 is 10.6 Å². The maximum absolute atomic E-state index is 12.4. The van der Waals surface area contributed by atoms with Gasteiger partial charge in [-0.05, 0) is 42.5 Å². The van der Waals surface area contributed by atoms with E-state index in [-0.39, 0.29) is 18.4 Å². The van der Waals surface area contributed by atoms with Crippen LogP contribution in [-0.4, -0.2) is 33.0 Å². The molecule has 27 heavy (non-hydrogen) atoms. The minimum atomic E-state index is -3.45. The van der Waals surface area contributed by atoms with E-state index in [4.69, 9.17) is 0 Å². The molecular weight excluding hydrogens is 366 g/mol. The number of hydrogen-bond acceptors (Lipinski definition) is 4. The minimum Gasteiger partial charge on any atom is -0.326 e. The summed E-state index contributed by atoms with van der Waals surface area (Å²) in [5, 5.41) is 5.38. The molecule has 8 heteroatoms. The van der Waals surface area contributed by atoms with Crippen LogP contribution < -0.4 is 14.9 Å². The highest BCUT2D eigenvalue weighted by Gasteiger charge is 2.16. The van der Waals surface area contributed by atoms with E-state index in [1.165, 1.54) is 17.3 Å². The van der Waals surface area contributed by atoms with Gasteiger partial charge in [0.2, 0.25) is 15.9 Å². The molecule has 0 saturated carbocycles. The second kappa shape index (κ2) is 8.50. The molecule has 0 atom stereocenters. The van der Waals surface area contributed by atoms with E-state index in [9.17, 15) is 18.0 Å². The Morgan fingerprint density at radius 1 is 1.07 bits per heavy atom. The Hall–Kier alpha value is -3.13. The van der Waals surface area contributed by atoms with E-state index < -0.39 is 10.0 Å². The van der Waals surface area contributed by atoms with Crippen LogP contribution in [0, 0.1) is 0 Å². The van der Waals surface area contributed by atoms with Crippen molar-refractivity contribution in [3.63, 3.8) is 0 Å². The van der Waals surface area contributed by atoms with E-state index in [0.29, 0.717) is 22.6 Å². The Morgan fingerprint density at radius 2 is 1.67 bits per heavy atom. The topological polar surface area (TPSA) is 95.6 Å². The molecule has 2 aromatic carbocycles. The first-order valence-electron chi connectivity index (χ1n) is 8.08. The molecule has 0 radical (unpaired) electrons. The predicted molar refractivity (Wildman–Crippen MR) is 108 cm³/mol. The first kappa shape index (κ1) is 20.2. The maximum atomic E-state index is 12.4. The molecule has 142 valence electrons. The number of sulfonamides is 1. The third kappa shape index (κ3) is 5.68. The fraction of sp³-hybridized carbons (Fsp3) is 0.158. The van der Waals surface area contributed by atoms with E-state index in [1.54, 1.807) is 48.5 Å². The van der Waals surface area contributed by atoms with Crippen LogP contribution in [0.4, 0.5) is 17.1 Å². The summed E-state index contributed by atoms with van der Waals surface area (Å²) in [6, 6.07) is 13.0. The molecule has 2 N–H and O–H groups in total. The number of rotatable bonds is 7. The first-order chi connectivity index (χ1) is 12.7. The summed E-state index contributed by atoms with van der Waals surface area (Å²) in [6.07, 6.45) is 2.60. The summed E-state index contributed by atoms with van der Waals surface area (Å²) in [6.45, 7) is 5.10. The summed E-state index contributed by atoms with van der Waals surface area (Å²) in [7, 11) is -3.45. The lowest BCUT2D eigenvalue weighted by Gasteiger charge is -2.20. The third-order valence-electron chi connectivity index (χ3n) is 3.55. The van der Waals surface area contributed by atoms with Gasteiger partial charge in [0.1, 0.15) is 0 Å². The molecule has 0 heterocycles. The second-order valence-electron chi connectivity index (χ2n) is 5.85. The number of nitrogens with one attached hydrogen (secondary N) is 2. The fourth-order valence-corrected chi connectivity index (χ4v) is 3.29. The number of benzene rings is 2. The molecule has 0 spiro atoms. The van der Waals surface area contributed by atoms with Crippen molar-refractivity contribution in [3.8, 4) is 0 Å². The number of hydrogen-bond donors (Lipinski definition) is 2. The molecule has 0 bridgehead atoms. The Kier molecular flexibility index (Phi) is 6.36. The third-order valence-corrected chi connectivity index (χ3v) is 4.71. The van der Waals surface area contributed by atoms with Crippen molar-refractivity contribution in [1.29, 1.82) is 0 Å². The normalized spacial score (nSPS) is 10.7. The molecule has 2 aromatic rings. The van der Waals surface area contributed by atoms with Crippen LogP contribution in [0.2, 0.25) is 0 Å². The average Bonchev–Trinajstić information content (AvgIpc) is 2.58. The SMILES string of the molecule is C=CCN(c1ccc(C(=O)Nc2cccc(NC(C)=O)c2)cc1)S(C)(=O)=O. The summed E-state index contributed by atoms with van der Waals surface area (Å²) in [4.78, 5) is 23.5. The number of nitrogens with zero attached hydrogens (tertiary/aromatic N) is 1. The lowest BCUT2D eigenvalue weighted by Crippen LogP contribution is -2.29. The molecule has 0 aromatic heterocycles. The Bertz CT molecular complexity index is 953. The van der Waals surface area contributed by atoms with Gasteiger partial charge in [-0.25, -0.2) is 8.42 Å². The molecule has 0 unspecified atom stereocenters. The summed E-state index contributed by atoms with van der Waals surface area (Å²) >= 11 is 0. The van der Waals surface area contributed by atoms with Crippen molar-refractivity contribution in [2.45, 2.75) is 6.92 Å². The van der Waals surface area contributed by atoms with Gasteiger partial charge in [0.25, 0.3) is 5.91 Å². The lowest BCUT2D eigenvalue weighted by molar-refractivity contribution is -0.114. The largest absolute Gasteiger partial charge is 0.326 e. The van der Waals surface area contributed by atoms with Crippen molar-refractivity contribution < 1.29 is 18.0 Å². The fourth-order valence-electron chi connectivity index (χ4n) is 2.41. The highest BCUT2D eigenvalue weighted by molar-refractivity contribution is 7.92. The molecule has 2 rings (SSSR count). The van der Waals surface area contributed by atoms with Crippen molar-refractivity contribution >= 4 is 38.9 Å². The molecule has 0 aliphatic rings. The van der Waals surface area contributed by atoms with Crippen LogP contribution >= 0.6 is 0 Å². The van der Waals surface area contributed by atoms with Crippen LogP contribution in [0.15, 0.2) is 61.2 Å². The number of amides is 2. The molecule has 2 amide bonds. The van der Waals surface area contributed by atoms with Gasteiger partial charge in [-0.15, -0.1) is 6.58 Å². The van der Waals surface area contributed by atoms with Gasteiger partial charge in [0.05, 0.1) is 18.5 Å². The summed E-state index contributed by atoms with van der Waals surface area (Å²) in [5.74, 6) is -0.555. The van der Waals surface area contributed by atoms with Crippen LogP contribution in [0.1, 0.15) is 17.3 Å². The van der Waals surface area contributed by atoms with E-state index in [1.807, 2.05) is 0 Å². The molecule has 0 saturated heterocycles. The van der Waals surface area contributed by atoms with Crippen molar-refractivity contribution in [3.05, 3.63) is 66.7 Å². The van der Waals surface area contributed by atoms with Gasteiger partial charge in [-0.2, -0.15) is 0 Å². The minimum absolute atomic E-state index is 0.139. The smallest absolute Gasteiger partial charge is 0.255 e. The lowest BCUT2D eigenvalue weighted by atomic mass is 10.2. The average molecular weight is 387 g/mol. The van der Waals surface area contributed by atoms with Crippen molar-refractivity contribution in [2.24, 2.45) is 0 Å². The Morgan fingerprint density at radius 3 is 2.19 bits per heavy atom. The predicted octanol–water partition coefficient (Wildman–Crippen LogP) is 2.85. The Balaban J connectivity index is 2.16. The monoisotopic (exact) mass is 387 g/mol. The van der Waals surface area contributed by atoms with Crippen molar-refractivity contribution in [1.82, 2.24) is 0 Å². The van der Waals surface area contributed by atoms with Gasteiger partial charge in [0.15, 0.2) is 0 Å². The second-order valence-corrected chi connectivity index (χ2v) is 7.75. The zero-order valence-electron chi connectivity index (χ0n) is 15.1. The van der Waals surface area contributed by atoms with Gasteiger partial charge in [-0.3, -0.25) is 13.9 Å². The van der Waals surface area contributed by atoms with Gasteiger partial charge in [0, 0.05) is 23.9 Å². The van der Waals surface area contributed by atoms with Gasteiger partial charge >= 0.3 is 0 Å². The molecular formula is C19H21N3O4S. The zero-order chi connectivity index (χ0) is 20.0. The number of anilines is 3. The summed E-state index contributed by atoms with van der Waals surface area (Å²) in [5.41, 5.74) is 1.92. The molecule has 7 nitrogen and oxygen atoms in total. The number of carbonyl (C=O) groups is 2. The van der Waals surface area contributed by atoms with Crippen LogP contribution in [0.3, 0.4) is 0 Å². The highest BCUT2D eigenvalue weighted by atomic mass is 32.2. The summed E-state index contributed by atoms with van der Waals surface area (Å²) < 4.78 is 24.9. The molecule has 0 aliphatic heterocycles. The molecule has 0 fully saturated rings. The van der Waals surface area contributed by atoms with Crippen LogP contribution in [-0.2, 0) is 14.8 Å². The van der Waals surface area contributed by atoms with Crippen LogP contribution in [0.25, 0.3) is 0 Å². The molecule has 0 aliphatic carbocycles. The van der Waals surface area contributed by atoms with E-state index >= 15 is 0 Å². The number of carbonyl (C=O) groups excluding carboxylic acids is 2. The highest BCUT2D eigenvalue weighted by Crippen LogP contribution is 2.20. The zero-order valence-corrected chi connectivity index (χ0v) is 15.9. The van der Waals surface area contributed by atoms with Crippen LogP contribution in [0.5, 0.6) is 0 Å². The Labute approximate surface area is 158 Å². The first-order valence-corrected chi connectivity index (χ1v) is 9.93.